The van der Waals surface area contributed by atoms with Crippen molar-refractivity contribution in [2.45, 2.75) is 32.8 Å². The molecule has 0 saturated carbocycles. The van der Waals surface area contributed by atoms with Crippen molar-refractivity contribution in [1.82, 2.24) is 0 Å². The number of carbonyl (C=O) groups excluding carboxylic acids is 3. The molecular weight excluding hydrogens is 511 g/mol. The number of hydrogen-bond acceptors (Lipinski definition) is 6. The monoisotopic (exact) mass is 540 g/mol. The van der Waals surface area contributed by atoms with E-state index in [2.05, 4.69) is 19.7 Å². The lowest BCUT2D eigenvalue weighted by atomic mass is 9.97. The van der Waals surface area contributed by atoms with Gasteiger partial charge < -0.3 is 14.2 Å². The van der Waals surface area contributed by atoms with E-state index >= 15 is 4.39 Å². The van der Waals surface area contributed by atoms with Crippen LogP contribution in [0.4, 0.5) is 4.39 Å². The molecule has 0 heterocycles. The first kappa shape index (κ1) is 28.4. The second-order valence-electron chi connectivity index (χ2n) is 9.62. The third kappa shape index (κ3) is 6.33. The second-order valence-corrected chi connectivity index (χ2v) is 9.62. The molecule has 40 heavy (non-hydrogen) atoms. The number of halogens is 1. The molecule has 0 radical (unpaired) electrons. The van der Waals surface area contributed by atoms with E-state index in [1.807, 2.05) is 18.2 Å². The molecule has 1 aliphatic carbocycles. The molecule has 1 unspecified atom stereocenters. The van der Waals surface area contributed by atoms with Gasteiger partial charge in [-0.15, -0.1) is 0 Å². The average Bonchev–Trinajstić information content (AvgIpc) is 3.34. The number of ketones is 1. The maximum atomic E-state index is 15.4. The maximum Gasteiger partial charge on any atom is 0.338 e. The Labute approximate surface area is 232 Å². The molecule has 4 rings (SSSR count). The van der Waals surface area contributed by atoms with Crippen LogP contribution in [0.5, 0.6) is 11.5 Å². The average molecular weight is 541 g/mol. The van der Waals surface area contributed by atoms with Gasteiger partial charge in [-0.25, -0.2) is 14.0 Å². The highest BCUT2D eigenvalue weighted by Crippen LogP contribution is 2.38. The number of carbonyl (C=O) groups is 3. The first-order valence-electron chi connectivity index (χ1n) is 12.7. The van der Waals surface area contributed by atoms with Gasteiger partial charge in [-0.05, 0) is 78.8 Å². The molecule has 0 spiro atoms. The van der Waals surface area contributed by atoms with Crippen LogP contribution in [0.3, 0.4) is 0 Å². The van der Waals surface area contributed by atoms with Crippen molar-refractivity contribution in [3.63, 3.8) is 0 Å². The van der Waals surface area contributed by atoms with Crippen LogP contribution in [0, 0.1) is 5.82 Å². The minimum Gasteiger partial charge on any atom is -0.419 e. The third-order valence-corrected chi connectivity index (χ3v) is 6.48. The first-order valence-corrected chi connectivity index (χ1v) is 12.7. The highest BCUT2D eigenvalue weighted by molar-refractivity contribution is 5.91. The molecule has 6 nitrogen and oxygen atoms in total. The molecule has 0 fully saturated rings. The van der Waals surface area contributed by atoms with Gasteiger partial charge in [0, 0.05) is 16.7 Å². The third-order valence-electron chi connectivity index (χ3n) is 6.48. The van der Waals surface area contributed by atoms with Crippen LogP contribution in [0.15, 0.2) is 91.6 Å². The fourth-order valence-corrected chi connectivity index (χ4v) is 4.32. The molecule has 0 aromatic heterocycles. The number of fused-ring (bicyclic) bond motifs is 1. The fourth-order valence-electron chi connectivity index (χ4n) is 4.32. The number of rotatable bonds is 10. The lowest BCUT2D eigenvalue weighted by Gasteiger charge is -2.14. The summed E-state index contributed by atoms with van der Waals surface area (Å²) in [6.45, 7) is 13.6. The van der Waals surface area contributed by atoms with Gasteiger partial charge in [0.05, 0.1) is 6.10 Å². The summed E-state index contributed by atoms with van der Waals surface area (Å²) in [6.07, 6.45) is 2.66. The summed E-state index contributed by atoms with van der Waals surface area (Å²) in [7, 11) is 0. The Morgan fingerprint density at radius 2 is 1.50 bits per heavy atom. The van der Waals surface area contributed by atoms with Crippen molar-refractivity contribution in [2.75, 3.05) is 6.61 Å². The zero-order valence-corrected chi connectivity index (χ0v) is 22.4. The van der Waals surface area contributed by atoms with E-state index in [0.29, 0.717) is 11.1 Å². The van der Waals surface area contributed by atoms with Gasteiger partial charge >= 0.3 is 11.9 Å². The molecular formula is C33H29FO6. The Hall–Kier alpha value is -4.62. The van der Waals surface area contributed by atoms with Crippen LogP contribution in [-0.4, -0.2) is 24.3 Å². The summed E-state index contributed by atoms with van der Waals surface area (Å²) in [5.41, 5.74) is 4.68. The normalized spacial score (nSPS) is 13.7. The second kappa shape index (κ2) is 12.1. The van der Waals surface area contributed by atoms with Crippen molar-refractivity contribution in [1.29, 1.82) is 0 Å². The summed E-state index contributed by atoms with van der Waals surface area (Å²) in [5, 5.41) is 0. The Kier molecular flexibility index (Phi) is 8.55. The minimum absolute atomic E-state index is 0.00217. The van der Waals surface area contributed by atoms with Crippen molar-refractivity contribution in [3.05, 3.63) is 109 Å². The predicted molar refractivity (Wildman–Crippen MR) is 150 cm³/mol. The maximum absolute atomic E-state index is 15.4. The van der Waals surface area contributed by atoms with E-state index in [9.17, 15) is 14.4 Å². The molecule has 0 N–H and O–H groups in total. The van der Waals surface area contributed by atoms with Gasteiger partial charge in [0.2, 0.25) is 0 Å². The van der Waals surface area contributed by atoms with Crippen LogP contribution in [0.2, 0.25) is 0 Å². The van der Waals surface area contributed by atoms with E-state index in [0.717, 1.165) is 29.5 Å². The van der Waals surface area contributed by atoms with Gasteiger partial charge in [0.15, 0.2) is 17.3 Å². The van der Waals surface area contributed by atoms with E-state index in [4.69, 9.17) is 14.2 Å². The van der Waals surface area contributed by atoms with Gasteiger partial charge in [-0.3, -0.25) is 4.79 Å². The standard InChI is InChI=1S/C33H29FO6/c1-6-25(35)18-38-29-13-9-23-15-21(8-12-27(23)29)22-7-11-26(28(34)16-22)24-10-14-30(39-32(36)19(2)3)31(17-24)40-33(37)20(4)5/h6-8,10-12,14-17,29H,1-2,4,9,13,18H2,3,5H3. The lowest BCUT2D eigenvalue weighted by Crippen LogP contribution is -2.12. The molecule has 0 aliphatic heterocycles. The molecule has 1 aliphatic rings. The highest BCUT2D eigenvalue weighted by atomic mass is 19.1. The molecule has 1 atom stereocenters. The summed E-state index contributed by atoms with van der Waals surface area (Å²) in [5.74, 6) is -2.09. The molecule has 3 aromatic carbocycles. The van der Waals surface area contributed by atoms with Gasteiger partial charge in [0.25, 0.3) is 0 Å². The Balaban J connectivity index is 1.60. The lowest BCUT2D eigenvalue weighted by molar-refractivity contribution is -0.132. The Morgan fingerprint density at radius 1 is 0.875 bits per heavy atom. The van der Waals surface area contributed by atoms with Crippen LogP contribution in [0.1, 0.15) is 37.5 Å². The number of aryl methyl sites for hydroxylation is 1. The topological polar surface area (TPSA) is 78.9 Å². The van der Waals surface area contributed by atoms with Crippen LogP contribution in [0.25, 0.3) is 22.3 Å². The summed E-state index contributed by atoms with van der Waals surface area (Å²) < 4.78 is 31.8. The van der Waals surface area contributed by atoms with E-state index < -0.39 is 17.8 Å². The zero-order valence-electron chi connectivity index (χ0n) is 22.4. The van der Waals surface area contributed by atoms with Gasteiger partial charge in [0.1, 0.15) is 12.4 Å². The molecule has 3 aromatic rings. The summed E-state index contributed by atoms with van der Waals surface area (Å²) in [6, 6.07) is 15.2. The SMILES string of the molecule is C=CC(=O)COC1CCc2cc(-c3ccc(-c4ccc(OC(=O)C(=C)C)c(OC(=O)C(=C)C)c4)c(F)c3)ccc21. The number of hydrogen-bond donors (Lipinski definition) is 0. The molecule has 0 bridgehead atoms. The van der Waals surface area contributed by atoms with Crippen LogP contribution < -0.4 is 9.47 Å². The highest BCUT2D eigenvalue weighted by Gasteiger charge is 2.24. The molecule has 0 saturated heterocycles. The van der Waals surface area contributed by atoms with Crippen LogP contribution in [-0.2, 0) is 25.5 Å². The van der Waals surface area contributed by atoms with E-state index in [1.165, 1.54) is 38.1 Å². The summed E-state index contributed by atoms with van der Waals surface area (Å²) >= 11 is 0. The fraction of sp³-hybridized carbons (Fsp3) is 0.182. The van der Waals surface area contributed by atoms with Crippen molar-refractivity contribution < 1.29 is 33.0 Å². The van der Waals surface area contributed by atoms with Gasteiger partial charge in [-0.2, -0.15) is 0 Å². The van der Waals surface area contributed by atoms with Crippen molar-refractivity contribution >= 4 is 17.7 Å². The Bertz CT molecular complexity index is 1550. The molecule has 7 heteroatoms. The number of ether oxygens (including phenoxy) is 3. The first-order chi connectivity index (χ1) is 19.1. The van der Waals surface area contributed by atoms with Crippen LogP contribution >= 0.6 is 0 Å². The largest absolute Gasteiger partial charge is 0.419 e. The molecule has 204 valence electrons. The predicted octanol–water partition coefficient (Wildman–Crippen LogP) is 6.88. The Morgan fingerprint density at radius 3 is 2.15 bits per heavy atom. The number of benzene rings is 3. The van der Waals surface area contributed by atoms with Crippen molar-refractivity contribution in [2.24, 2.45) is 0 Å². The summed E-state index contributed by atoms with van der Waals surface area (Å²) in [4.78, 5) is 35.8. The molecule has 0 amide bonds. The zero-order chi connectivity index (χ0) is 29.0. The van der Waals surface area contributed by atoms with E-state index in [-0.39, 0.29) is 46.7 Å². The number of esters is 2. The van der Waals surface area contributed by atoms with Crippen molar-refractivity contribution in [3.8, 4) is 33.8 Å². The smallest absolute Gasteiger partial charge is 0.338 e. The minimum atomic E-state index is -0.711. The van der Waals surface area contributed by atoms with E-state index in [1.54, 1.807) is 18.2 Å². The van der Waals surface area contributed by atoms with Gasteiger partial charge in [-0.1, -0.05) is 56.1 Å². The quantitative estimate of drug-likeness (QED) is 0.158.